The van der Waals surface area contributed by atoms with Crippen LogP contribution in [-0.2, 0) is 0 Å². The quantitative estimate of drug-likeness (QED) is 0.341. The lowest BCUT2D eigenvalue weighted by Crippen LogP contribution is -2.51. The summed E-state index contributed by atoms with van der Waals surface area (Å²) in [5, 5.41) is 6.11. The van der Waals surface area contributed by atoms with Gasteiger partial charge in [0.25, 0.3) is 0 Å². The first-order valence-corrected chi connectivity index (χ1v) is 15.6. The highest BCUT2D eigenvalue weighted by molar-refractivity contribution is 6.02. The Labute approximate surface area is 250 Å². The van der Waals surface area contributed by atoms with Gasteiger partial charge in [-0.15, -0.1) is 0 Å². The molecular formula is C34H36FN7O. The van der Waals surface area contributed by atoms with Gasteiger partial charge in [0.1, 0.15) is 23.6 Å². The number of ether oxygens (including phenoxy) is 1. The Morgan fingerprint density at radius 2 is 1.81 bits per heavy atom. The van der Waals surface area contributed by atoms with Gasteiger partial charge in [-0.3, -0.25) is 9.88 Å². The summed E-state index contributed by atoms with van der Waals surface area (Å²) in [6.45, 7) is 4.63. The molecule has 0 radical (unpaired) electrons. The van der Waals surface area contributed by atoms with Gasteiger partial charge in [-0.25, -0.2) is 4.39 Å². The highest BCUT2D eigenvalue weighted by Gasteiger charge is 2.45. The molecule has 6 heterocycles. The number of nitrogens with two attached hydrogens (primary N) is 1. The lowest BCUT2D eigenvalue weighted by molar-refractivity contribution is 0.108. The third kappa shape index (κ3) is 4.60. The van der Waals surface area contributed by atoms with Crippen LogP contribution in [0.1, 0.15) is 44.1 Å². The number of piperazine rings is 1. The number of rotatable bonds is 5. The Hall–Kier alpha value is -3.84. The van der Waals surface area contributed by atoms with E-state index in [0.29, 0.717) is 35.5 Å². The zero-order valence-electron chi connectivity index (χ0n) is 24.3. The van der Waals surface area contributed by atoms with Crippen LogP contribution >= 0.6 is 0 Å². The molecule has 43 heavy (non-hydrogen) atoms. The van der Waals surface area contributed by atoms with Crippen LogP contribution in [0.5, 0.6) is 6.01 Å². The SMILES string of the molecule is NCC#Cc1cccc2cccc(-c3ncc4c(N5C[C@H]6CC[C@@H](C5)N6)nc(OCC56CCCN5CCC6)nc4c3F)c12. The molecule has 0 aliphatic carbocycles. The van der Waals surface area contributed by atoms with E-state index in [1.165, 1.54) is 12.8 Å². The molecule has 2 aromatic carbocycles. The predicted octanol–water partition coefficient (Wildman–Crippen LogP) is 4.24. The lowest BCUT2D eigenvalue weighted by atomic mass is 9.95. The molecule has 9 heteroatoms. The van der Waals surface area contributed by atoms with E-state index in [4.69, 9.17) is 25.4 Å². The minimum absolute atomic E-state index is 0.0402. The highest BCUT2D eigenvalue weighted by atomic mass is 19.1. The topological polar surface area (TPSA) is 92.4 Å². The maximum atomic E-state index is 16.8. The second kappa shape index (κ2) is 10.7. The van der Waals surface area contributed by atoms with Crippen molar-refractivity contribution >= 4 is 27.5 Å². The maximum absolute atomic E-state index is 16.8. The number of nitrogens with zero attached hydrogens (tertiary/aromatic N) is 5. The molecule has 3 N–H and O–H groups in total. The molecule has 2 atom stereocenters. The van der Waals surface area contributed by atoms with Crippen LogP contribution in [0.2, 0.25) is 0 Å². The fourth-order valence-corrected chi connectivity index (χ4v) is 7.93. The zero-order chi connectivity index (χ0) is 29.0. The largest absolute Gasteiger partial charge is 0.461 e. The van der Waals surface area contributed by atoms with E-state index >= 15 is 4.39 Å². The van der Waals surface area contributed by atoms with Crippen LogP contribution in [0.15, 0.2) is 42.6 Å². The molecule has 4 aliphatic heterocycles. The van der Waals surface area contributed by atoms with Crippen molar-refractivity contribution in [2.45, 2.75) is 56.1 Å². The van der Waals surface area contributed by atoms with E-state index in [1.54, 1.807) is 6.20 Å². The highest BCUT2D eigenvalue weighted by Crippen LogP contribution is 2.40. The summed E-state index contributed by atoms with van der Waals surface area (Å²) < 4.78 is 23.2. The molecule has 2 bridgehead atoms. The zero-order valence-corrected chi connectivity index (χ0v) is 24.3. The second-order valence-corrected chi connectivity index (χ2v) is 12.5. The van der Waals surface area contributed by atoms with E-state index in [9.17, 15) is 0 Å². The van der Waals surface area contributed by atoms with Gasteiger partial charge in [-0.2, -0.15) is 9.97 Å². The molecule has 0 saturated carbocycles. The normalized spacial score (nSPS) is 22.6. The molecule has 0 unspecified atom stereocenters. The molecule has 0 spiro atoms. The number of hydrogen-bond acceptors (Lipinski definition) is 8. The minimum atomic E-state index is -0.472. The number of benzene rings is 2. The molecule has 4 aromatic rings. The summed E-state index contributed by atoms with van der Waals surface area (Å²) >= 11 is 0. The average Bonchev–Trinajstić information content (AvgIpc) is 3.72. The number of anilines is 1. The summed E-state index contributed by atoms with van der Waals surface area (Å²) in [7, 11) is 0. The third-order valence-corrected chi connectivity index (χ3v) is 9.93. The van der Waals surface area contributed by atoms with Crippen molar-refractivity contribution in [1.82, 2.24) is 25.2 Å². The van der Waals surface area contributed by atoms with Gasteiger partial charge in [0.05, 0.1) is 17.5 Å². The Morgan fingerprint density at radius 3 is 2.58 bits per heavy atom. The summed E-state index contributed by atoms with van der Waals surface area (Å²) in [5.74, 6) is 6.34. The number of fused-ring (bicyclic) bond motifs is 5. The van der Waals surface area contributed by atoms with Crippen molar-refractivity contribution in [3.8, 4) is 29.1 Å². The summed E-state index contributed by atoms with van der Waals surface area (Å²) in [5.41, 5.74) is 7.67. The van der Waals surface area contributed by atoms with Gasteiger partial charge < -0.3 is 20.7 Å². The first kappa shape index (κ1) is 26.8. The Balaban J connectivity index is 1.26. The molecule has 4 saturated heterocycles. The minimum Gasteiger partial charge on any atom is -0.461 e. The standard InChI is InChI=1S/C34H36FN7O/c35-29-30(26-10-2-8-22-6-1-7-23(28(22)26)9-3-15-36)37-18-27-31(29)39-33(43-21-34-13-4-16-42(34)17-5-14-34)40-32(27)41-19-24-11-12-25(20-41)38-24/h1-2,6-8,10,18,24-25,38H,4-5,11-17,19-21,36H2/t24-,25+. The maximum Gasteiger partial charge on any atom is 0.319 e. The Morgan fingerprint density at radius 1 is 1.05 bits per heavy atom. The lowest BCUT2D eigenvalue weighted by Gasteiger charge is -2.34. The van der Waals surface area contributed by atoms with Crippen molar-refractivity contribution in [2.24, 2.45) is 5.73 Å². The van der Waals surface area contributed by atoms with E-state index in [1.807, 2.05) is 36.4 Å². The molecule has 4 fully saturated rings. The Bertz CT molecular complexity index is 1750. The van der Waals surface area contributed by atoms with E-state index in [0.717, 1.165) is 68.2 Å². The van der Waals surface area contributed by atoms with Crippen molar-refractivity contribution in [2.75, 3.05) is 44.2 Å². The van der Waals surface area contributed by atoms with Crippen LogP contribution in [-0.4, -0.2) is 76.8 Å². The number of halogens is 1. The smallest absolute Gasteiger partial charge is 0.319 e. The Kier molecular flexibility index (Phi) is 6.66. The molecule has 220 valence electrons. The molecule has 4 aliphatic rings. The number of nitrogens with one attached hydrogen (secondary N) is 1. The third-order valence-electron chi connectivity index (χ3n) is 9.93. The van der Waals surface area contributed by atoms with E-state index < -0.39 is 5.82 Å². The van der Waals surface area contributed by atoms with Gasteiger partial charge in [-0.1, -0.05) is 42.2 Å². The van der Waals surface area contributed by atoms with Gasteiger partial charge in [0.2, 0.25) is 0 Å². The van der Waals surface area contributed by atoms with Crippen LogP contribution < -0.4 is 20.7 Å². The van der Waals surface area contributed by atoms with Crippen molar-refractivity contribution < 1.29 is 9.13 Å². The van der Waals surface area contributed by atoms with E-state index in [2.05, 4.69) is 27.0 Å². The van der Waals surface area contributed by atoms with Crippen LogP contribution in [0.4, 0.5) is 10.2 Å². The monoisotopic (exact) mass is 577 g/mol. The van der Waals surface area contributed by atoms with Gasteiger partial charge in [0, 0.05) is 47.9 Å². The summed E-state index contributed by atoms with van der Waals surface area (Å²) in [6.07, 6.45) is 8.61. The van der Waals surface area contributed by atoms with Crippen molar-refractivity contribution in [3.63, 3.8) is 0 Å². The molecular weight excluding hydrogens is 541 g/mol. The predicted molar refractivity (Wildman–Crippen MR) is 167 cm³/mol. The number of pyridine rings is 1. The molecule has 2 aromatic heterocycles. The molecule has 8 rings (SSSR count). The molecule has 8 nitrogen and oxygen atoms in total. The average molecular weight is 578 g/mol. The van der Waals surface area contributed by atoms with E-state index in [-0.39, 0.29) is 29.3 Å². The first-order valence-electron chi connectivity index (χ1n) is 15.6. The number of aromatic nitrogens is 3. The van der Waals surface area contributed by atoms with Gasteiger partial charge in [-0.05, 0) is 63.1 Å². The second-order valence-electron chi connectivity index (χ2n) is 12.5. The van der Waals surface area contributed by atoms with Gasteiger partial charge >= 0.3 is 6.01 Å². The molecule has 0 amide bonds. The summed E-state index contributed by atoms with van der Waals surface area (Å²) in [4.78, 5) is 19.2. The van der Waals surface area contributed by atoms with Crippen LogP contribution in [0, 0.1) is 17.7 Å². The van der Waals surface area contributed by atoms with Crippen molar-refractivity contribution in [3.05, 3.63) is 54.0 Å². The van der Waals surface area contributed by atoms with Crippen molar-refractivity contribution in [1.29, 1.82) is 0 Å². The van der Waals surface area contributed by atoms with Gasteiger partial charge in [0.15, 0.2) is 5.82 Å². The summed E-state index contributed by atoms with van der Waals surface area (Å²) in [6, 6.07) is 12.8. The van der Waals surface area contributed by atoms with Crippen LogP contribution in [0.3, 0.4) is 0 Å². The first-order chi connectivity index (χ1) is 21.1. The fourth-order valence-electron chi connectivity index (χ4n) is 7.93. The van der Waals surface area contributed by atoms with Crippen LogP contribution in [0.25, 0.3) is 32.9 Å². The number of hydrogen-bond donors (Lipinski definition) is 2. The fraction of sp³-hybridized carbons (Fsp3) is 0.441.